The monoisotopic (exact) mass is 541 g/mol. The summed E-state index contributed by atoms with van der Waals surface area (Å²) in [6.07, 6.45) is 2.20. The SMILES string of the molecule is CC(C)CCn1c(=O)c(C2=NS(O)(O)c3cc(NS(=O)(=O)CCl)ccc3N2)c(O)c2cccnc21. The Hall–Kier alpha value is -2.84. The third-order valence-corrected chi connectivity index (χ3v) is 8.39. The highest BCUT2D eigenvalue weighted by Gasteiger charge is 2.31. The smallest absolute Gasteiger partial charge is 0.267 e. The average molecular weight is 542 g/mol. The first-order valence-electron chi connectivity index (χ1n) is 10.5. The normalized spacial score (nSPS) is 15.9. The maximum Gasteiger partial charge on any atom is 0.267 e. The molecule has 4 rings (SSSR count). The van der Waals surface area contributed by atoms with Gasteiger partial charge in [-0.2, -0.15) is 0 Å². The van der Waals surface area contributed by atoms with Crippen LogP contribution in [-0.4, -0.2) is 43.2 Å². The lowest BCUT2D eigenvalue weighted by Crippen LogP contribution is -2.32. The fraction of sp³-hybridized carbons (Fsp3) is 0.286. The average Bonchev–Trinajstić information content (AvgIpc) is 2.79. The molecule has 0 atom stereocenters. The number of alkyl halides is 1. The van der Waals surface area contributed by atoms with Crippen molar-refractivity contribution in [3.63, 3.8) is 0 Å². The van der Waals surface area contributed by atoms with E-state index in [4.69, 9.17) is 11.6 Å². The minimum absolute atomic E-state index is 0.0560. The molecule has 35 heavy (non-hydrogen) atoms. The number of hydrogen-bond acceptors (Lipinski definition) is 9. The lowest BCUT2D eigenvalue weighted by Gasteiger charge is -2.34. The Balaban J connectivity index is 1.85. The Labute approximate surface area is 208 Å². The molecule has 0 unspecified atom stereocenters. The van der Waals surface area contributed by atoms with Crippen molar-refractivity contribution in [1.82, 2.24) is 9.55 Å². The number of fused-ring (bicyclic) bond motifs is 2. The van der Waals surface area contributed by atoms with Crippen molar-refractivity contribution in [1.29, 1.82) is 0 Å². The number of aryl methyl sites for hydroxylation is 1. The number of benzene rings is 1. The molecule has 3 heterocycles. The molecular weight excluding hydrogens is 518 g/mol. The van der Waals surface area contributed by atoms with Crippen LogP contribution in [0.3, 0.4) is 0 Å². The molecule has 0 amide bonds. The molecule has 1 aliphatic rings. The number of aromatic nitrogens is 2. The van der Waals surface area contributed by atoms with Crippen LogP contribution in [0.15, 0.2) is 50.6 Å². The van der Waals surface area contributed by atoms with Crippen molar-refractivity contribution in [2.45, 2.75) is 31.7 Å². The van der Waals surface area contributed by atoms with Crippen LogP contribution in [-0.2, 0) is 16.6 Å². The van der Waals surface area contributed by atoms with Gasteiger partial charge in [-0.25, -0.2) is 13.4 Å². The van der Waals surface area contributed by atoms with Gasteiger partial charge >= 0.3 is 0 Å². The molecule has 0 aliphatic carbocycles. The summed E-state index contributed by atoms with van der Waals surface area (Å²) >= 11 is 5.41. The number of rotatable bonds is 7. The zero-order valence-electron chi connectivity index (χ0n) is 18.8. The summed E-state index contributed by atoms with van der Waals surface area (Å²) in [7, 11) is -7.68. The van der Waals surface area contributed by atoms with Crippen LogP contribution in [0.1, 0.15) is 25.8 Å². The summed E-state index contributed by atoms with van der Waals surface area (Å²) in [5.74, 6) is -0.319. The van der Waals surface area contributed by atoms with Gasteiger partial charge in [0.05, 0.1) is 16.8 Å². The van der Waals surface area contributed by atoms with E-state index in [1.807, 2.05) is 13.8 Å². The number of halogens is 1. The minimum atomic E-state index is -3.87. The highest BCUT2D eigenvalue weighted by molar-refractivity contribution is 8.23. The Morgan fingerprint density at radius 1 is 1.26 bits per heavy atom. The van der Waals surface area contributed by atoms with Crippen LogP contribution in [0.4, 0.5) is 11.4 Å². The lowest BCUT2D eigenvalue weighted by atomic mass is 10.1. The van der Waals surface area contributed by atoms with Gasteiger partial charge in [-0.05, 0) is 42.7 Å². The topological polar surface area (TPSA) is 166 Å². The minimum Gasteiger partial charge on any atom is -0.506 e. The summed E-state index contributed by atoms with van der Waals surface area (Å²) in [6, 6.07) is 7.23. The van der Waals surface area contributed by atoms with Crippen LogP contribution < -0.4 is 15.6 Å². The van der Waals surface area contributed by atoms with Crippen molar-refractivity contribution in [2.24, 2.45) is 10.3 Å². The molecule has 2 aromatic heterocycles. The first kappa shape index (κ1) is 25.3. The molecule has 0 saturated heterocycles. The zero-order valence-corrected chi connectivity index (χ0v) is 21.2. The molecular formula is C21H24ClN5O6S2. The van der Waals surface area contributed by atoms with E-state index in [1.54, 1.807) is 12.1 Å². The van der Waals surface area contributed by atoms with Crippen LogP contribution in [0, 0.1) is 5.92 Å². The zero-order chi connectivity index (χ0) is 25.5. The van der Waals surface area contributed by atoms with E-state index in [2.05, 4.69) is 19.4 Å². The van der Waals surface area contributed by atoms with Gasteiger partial charge < -0.3 is 10.4 Å². The highest BCUT2D eigenvalue weighted by Crippen LogP contribution is 2.56. The second-order valence-electron chi connectivity index (χ2n) is 8.36. The summed E-state index contributed by atoms with van der Waals surface area (Å²) in [4.78, 5) is 17.7. The van der Waals surface area contributed by atoms with Crippen molar-refractivity contribution >= 4 is 60.6 Å². The third-order valence-electron chi connectivity index (χ3n) is 5.33. The number of amidine groups is 1. The van der Waals surface area contributed by atoms with Crippen molar-refractivity contribution in [2.75, 3.05) is 15.3 Å². The summed E-state index contributed by atoms with van der Waals surface area (Å²) in [6.45, 7) is 4.37. The first-order valence-corrected chi connectivity index (χ1v) is 14.2. The number of pyridine rings is 2. The molecule has 188 valence electrons. The van der Waals surface area contributed by atoms with Gasteiger partial charge in [-0.3, -0.25) is 23.2 Å². The molecule has 5 N–H and O–H groups in total. The standard InChI is InChI=1S/C21H24ClN5O6S2/c1-12(2)7-9-27-20-14(4-3-8-23-20)18(28)17(21(27)29)19-24-15-6-5-13(25-34(30,31)11-22)10-16(15)35(32,33)26-19/h3-6,8,10,12,25,28,32-33H,7,9,11H2,1-2H3,(H,24,26). The van der Waals surface area contributed by atoms with Crippen LogP contribution in [0.2, 0.25) is 0 Å². The Morgan fingerprint density at radius 2 is 2.00 bits per heavy atom. The molecule has 14 heteroatoms. The van der Waals surface area contributed by atoms with E-state index in [0.717, 1.165) is 0 Å². The van der Waals surface area contributed by atoms with E-state index < -0.39 is 37.3 Å². The van der Waals surface area contributed by atoms with E-state index in [1.165, 1.54) is 29.0 Å². The van der Waals surface area contributed by atoms with E-state index in [-0.39, 0.29) is 27.7 Å². The largest absolute Gasteiger partial charge is 0.506 e. The second-order valence-corrected chi connectivity index (χ2v) is 12.3. The molecule has 0 radical (unpaired) electrons. The molecule has 3 aromatic rings. The molecule has 0 spiro atoms. The molecule has 1 aromatic carbocycles. The van der Waals surface area contributed by atoms with Gasteiger partial charge in [-0.15, -0.1) is 16.0 Å². The van der Waals surface area contributed by atoms with Crippen molar-refractivity contribution in [3.8, 4) is 5.75 Å². The van der Waals surface area contributed by atoms with Gasteiger partial charge in [0.2, 0.25) is 10.0 Å². The number of aromatic hydroxyl groups is 1. The predicted octanol–water partition coefficient (Wildman–Crippen LogP) is 3.98. The maximum atomic E-state index is 13.5. The molecule has 0 bridgehead atoms. The van der Waals surface area contributed by atoms with Crippen LogP contribution >= 0.6 is 22.4 Å². The summed E-state index contributed by atoms with van der Waals surface area (Å²) < 4.78 is 52.7. The van der Waals surface area contributed by atoms with Gasteiger partial charge in [0.25, 0.3) is 5.56 Å². The fourth-order valence-corrected chi connectivity index (χ4v) is 5.52. The number of nitrogens with one attached hydrogen (secondary N) is 2. The summed E-state index contributed by atoms with van der Waals surface area (Å²) in [5.41, 5.74) is -0.278. The third kappa shape index (κ3) is 4.95. The van der Waals surface area contributed by atoms with Crippen LogP contribution in [0.25, 0.3) is 11.0 Å². The Kier molecular flexibility index (Phi) is 6.72. The number of nitrogens with zero attached hydrogens (tertiary/aromatic N) is 3. The Bertz CT molecular complexity index is 1500. The predicted molar refractivity (Wildman–Crippen MR) is 138 cm³/mol. The summed E-state index contributed by atoms with van der Waals surface area (Å²) in [5, 5.41) is 13.5. The lowest BCUT2D eigenvalue weighted by molar-refractivity contribution is 0.473. The molecule has 0 fully saturated rings. The van der Waals surface area contributed by atoms with Gasteiger partial charge in [0.1, 0.15) is 27.1 Å². The number of sulfonamides is 1. The number of hydrogen-bond donors (Lipinski definition) is 5. The maximum absolute atomic E-state index is 13.5. The first-order chi connectivity index (χ1) is 16.4. The number of anilines is 2. The fourth-order valence-electron chi connectivity index (χ4n) is 3.63. The quantitative estimate of drug-likeness (QED) is 0.280. The van der Waals surface area contributed by atoms with Crippen LogP contribution in [0.5, 0.6) is 5.75 Å². The second kappa shape index (κ2) is 9.32. The Morgan fingerprint density at radius 3 is 2.69 bits per heavy atom. The molecule has 0 saturated carbocycles. The highest BCUT2D eigenvalue weighted by atomic mass is 35.5. The molecule has 11 nitrogen and oxygen atoms in total. The van der Waals surface area contributed by atoms with Gasteiger partial charge in [0, 0.05) is 12.7 Å². The van der Waals surface area contributed by atoms with E-state index in [9.17, 15) is 27.4 Å². The van der Waals surface area contributed by atoms with Crippen molar-refractivity contribution in [3.05, 3.63) is 52.4 Å². The molecule has 1 aliphatic heterocycles. The van der Waals surface area contributed by atoms with Crippen molar-refractivity contribution < 1.29 is 22.6 Å². The van der Waals surface area contributed by atoms with Gasteiger partial charge in [0.15, 0.2) is 5.84 Å². The van der Waals surface area contributed by atoms with E-state index >= 15 is 0 Å². The van der Waals surface area contributed by atoms with E-state index in [0.29, 0.717) is 29.9 Å². The van der Waals surface area contributed by atoms with Gasteiger partial charge in [-0.1, -0.05) is 24.6 Å².